The molecule has 18 heavy (non-hydrogen) atoms. The first kappa shape index (κ1) is 16.1. The smallest absolute Gasteiger partial charge is 0.462 e. The molecular formula is C10H10F4O4. The first-order chi connectivity index (χ1) is 8.16. The van der Waals surface area contributed by atoms with Gasteiger partial charge in [-0.25, -0.2) is 9.59 Å². The summed E-state index contributed by atoms with van der Waals surface area (Å²) in [6.45, 7) is 4.80. The van der Waals surface area contributed by atoms with Gasteiger partial charge in [0.25, 0.3) is 0 Å². The highest BCUT2D eigenvalue weighted by atomic mass is 19.3. The van der Waals surface area contributed by atoms with E-state index >= 15 is 0 Å². The summed E-state index contributed by atoms with van der Waals surface area (Å²) in [4.78, 5) is 21.0. The van der Waals surface area contributed by atoms with E-state index in [2.05, 4.69) is 22.6 Å². The van der Waals surface area contributed by atoms with Crippen molar-refractivity contribution in [2.45, 2.75) is 18.5 Å². The Morgan fingerprint density at radius 2 is 1.56 bits per heavy atom. The van der Waals surface area contributed by atoms with Crippen molar-refractivity contribution in [1.82, 2.24) is 0 Å². The van der Waals surface area contributed by atoms with E-state index in [0.717, 1.165) is 0 Å². The number of hydrogen-bond acceptors (Lipinski definition) is 4. The number of ether oxygens (including phenoxy) is 2. The van der Waals surface area contributed by atoms with Crippen molar-refractivity contribution in [1.29, 1.82) is 0 Å². The van der Waals surface area contributed by atoms with Crippen molar-refractivity contribution in [3.63, 3.8) is 0 Å². The molecule has 0 amide bonds. The van der Waals surface area contributed by atoms with Crippen LogP contribution >= 0.6 is 0 Å². The molecule has 0 rings (SSSR count). The van der Waals surface area contributed by atoms with Crippen LogP contribution in [0.25, 0.3) is 0 Å². The van der Waals surface area contributed by atoms with Crippen molar-refractivity contribution in [3.05, 3.63) is 25.3 Å². The van der Waals surface area contributed by atoms with Crippen molar-refractivity contribution in [2.75, 3.05) is 6.61 Å². The summed E-state index contributed by atoms with van der Waals surface area (Å²) in [6.07, 6.45) is -5.52. The van der Waals surface area contributed by atoms with Gasteiger partial charge < -0.3 is 9.47 Å². The lowest BCUT2D eigenvalue weighted by atomic mass is 10.2. The lowest BCUT2D eigenvalue weighted by molar-refractivity contribution is -0.331. The van der Waals surface area contributed by atoms with Gasteiger partial charge in [0, 0.05) is 12.2 Å². The quantitative estimate of drug-likeness (QED) is 0.403. The molecule has 102 valence electrons. The second-order valence-electron chi connectivity index (χ2n) is 2.97. The highest BCUT2D eigenvalue weighted by Crippen LogP contribution is 2.38. The largest absolute Gasteiger partial charge is 0.466 e. The Labute approximate surface area is 99.9 Å². The van der Waals surface area contributed by atoms with Gasteiger partial charge in [-0.2, -0.15) is 17.6 Å². The highest BCUT2D eigenvalue weighted by Gasteiger charge is 2.59. The van der Waals surface area contributed by atoms with E-state index in [-0.39, 0.29) is 0 Å². The fourth-order valence-electron chi connectivity index (χ4n) is 0.727. The van der Waals surface area contributed by atoms with Gasteiger partial charge >= 0.3 is 24.0 Å². The summed E-state index contributed by atoms with van der Waals surface area (Å²) >= 11 is 0. The maximum absolute atomic E-state index is 13.0. The van der Waals surface area contributed by atoms with Crippen LogP contribution in [-0.2, 0) is 19.1 Å². The molecule has 4 nitrogen and oxygen atoms in total. The predicted molar refractivity (Wildman–Crippen MR) is 52.0 cm³/mol. The molecule has 0 fully saturated rings. The maximum atomic E-state index is 13.0. The van der Waals surface area contributed by atoms with E-state index < -0.39 is 37.0 Å². The van der Waals surface area contributed by atoms with Gasteiger partial charge in [-0.15, -0.1) is 0 Å². The van der Waals surface area contributed by atoms with Crippen LogP contribution in [-0.4, -0.2) is 30.6 Å². The van der Waals surface area contributed by atoms with E-state index in [0.29, 0.717) is 12.2 Å². The summed E-state index contributed by atoms with van der Waals surface area (Å²) in [6, 6.07) is 0. The van der Waals surface area contributed by atoms with E-state index in [9.17, 15) is 27.2 Å². The highest BCUT2D eigenvalue weighted by molar-refractivity contribution is 5.81. The third kappa shape index (κ3) is 4.56. The third-order valence-corrected chi connectivity index (χ3v) is 1.65. The number of halogens is 4. The normalized spacial score (nSPS) is 11.6. The summed E-state index contributed by atoms with van der Waals surface area (Å²) in [5.41, 5.74) is 0. The van der Waals surface area contributed by atoms with Crippen molar-refractivity contribution in [2.24, 2.45) is 0 Å². The molecule has 0 aliphatic carbocycles. The van der Waals surface area contributed by atoms with Gasteiger partial charge in [0.2, 0.25) is 0 Å². The Hall–Kier alpha value is -1.86. The van der Waals surface area contributed by atoms with Gasteiger partial charge in [0.1, 0.15) is 0 Å². The number of esters is 2. The van der Waals surface area contributed by atoms with E-state index in [1.807, 2.05) is 0 Å². The molecule has 0 unspecified atom stereocenters. The topological polar surface area (TPSA) is 52.6 Å². The van der Waals surface area contributed by atoms with Crippen LogP contribution in [0.2, 0.25) is 0 Å². The molecule has 0 bridgehead atoms. The Morgan fingerprint density at radius 1 is 1.06 bits per heavy atom. The van der Waals surface area contributed by atoms with Crippen molar-refractivity contribution >= 4 is 11.9 Å². The molecule has 0 N–H and O–H groups in total. The second kappa shape index (κ2) is 6.18. The number of hydrogen-bond donors (Lipinski definition) is 0. The summed E-state index contributed by atoms with van der Waals surface area (Å²) < 4.78 is 59.0. The summed E-state index contributed by atoms with van der Waals surface area (Å²) in [5, 5.41) is 0. The standard InChI is InChI=1S/C10H10F4O4/c1-3-7(15)17-6-5-9(11,12)10(13,14)18-8(16)4-2/h3-4H,1-2,5-6H2. The molecule has 0 aromatic carbocycles. The minimum absolute atomic E-state index is 0.321. The average Bonchev–Trinajstić information content (AvgIpc) is 2.27. The first-order valence-electron chi connectivity index (χ1n) is 4.56. The number of alkyl halides is 4. The van der Waals surface area contributed by atoms with Crippen LogP contribution in [0.3, 0.4) is 0 Å². The van der Waals surface area contributed by atoms with Crippen LogP contribution in [0.4, 0.5) is 17.6 Å². The second-order valence-corrected chi connectivity index (χ2v) is 2.97. The summed E-state index contributed by atoms with van der Waals surface area (Å²) in [5.74, 6) is -7.40. The van der Waals surface area contributed by atoms with Crippen molar-refractivity contribution in [3.8, 4) is 0 Å². The fraction of sp³-hybridized carbons (Fsp3) is 0.400. The van der Waals surface area contributed by atoms with Crippen LogP contribution in [0, 0.1) is 0 Å². The van der Waals surface area contributed by atoms with Gasteiger partial charge in [0.15, 0.2) is 0 Å². The van der Waals surface area contributed by atoms with Crippen LogP contribution < -0.4 is 0 Å². The molecule has 0 heterocycles. The lowest BCUT2D eigenvalue weighted by Gasteiger charge is -2.24. The van der Waals surface area contributed by atoms with Crippen molar-refractivity contribution < 1.29 is 36.6 Å². The zero-order valence-electron chi connectivity index (χ0n) is 9.13. The molecule has 8 heteroatoms. The van der Waals surface area contributed by atoms with E-state index in [4.69, 9.17) is 0 Å². The van der Waals surface area contributed by atoms with Gasteiger partial charge in [-0.05, 0) is 0 Å². The van der Waals surface area contributed by atoms with Gasteiger partial charge in [-0.1, -0.05) is 13.2 Å². The fourth-order valence-corrected chi connectivity index (χ4v) is 0.727. The minimum Gasteiger partial charge on any atom is -0.462 e. The molecule has 0 aromatic rings. The third-order valence-electron chi connectivity index (χ3n) is 1.65. The molecule has 0 aliphatic heterocycles. The summed E-state index contributed by atoms with van der Waals surface area (Å²) in [7, 11) is 0. The SMILES string of the molecule is C=CC(=O)OCCC(F)(F)C(F)(F)OC(=O)C=C. The average molecular weight is 270 g/mol. The monoisotopic (exact) mass is 270 g/mol. The molecule has 0 aliphatic rings. The Morgan fingerprint density at radius 3 is 2.00 bits per heavy atom. The van der Waals surface area contributed by atoms with Crippen LogP contribution in [0.1, 0.15) is 6.42 Å². The number of carbonyl (C=O) groups is 2. The number of rotatable bonds is 7. The lowest BCUT2D eigenvalue weighted by Crippen LogP contribution is -2.44. The molecule has 0 saturated carbocycles. The predicted octanol–water partition coefficient (Wildman–Crippen LogP) is 2.06. The first-order valence-corrected chi connectivity index (χ1v) is 4.56. The Bertz CT molecular complexity index is 352. The zero-order valence-corrected chi connectivity index (χ0v) is 9.13. The molecule has 0 radical (unpaired) electrons. The molecule has 0 atom stereocenters. The Balaban J connectivity index is 4.49. The molecule has 0 aromatic heterocycles. The minimum atomic E-state index is -5.02. The van der Waals surface area contributed by atoms with E-state index in [1.54, 1.807) is 0 Å². The molecule has 0 spiro atoms. The molecule has 0 saturated heterocycles. The van der Waals surface area contributed by atoms with Crippen LogP contribution in [0.15, 0.2) is 25.3 Å². The molecular weight excluding hydrogens is 260 g/mol. The van der Waals surface area contributed by atoms with E-state index in [1.165, 1.54) is 0 Å². The zero-order chi connectivity index (χ0) is 14.4. The number of carbonyl (C=O) groups excluding carboxylic acids is 2. The Kier molecular flexibility index (Phi) is 5.54. The van der Waals surface area contributed by atoms with Crippen LogP contribution in [0.5, 0.6) is 0 Å². The van der Waals surface area contributed by atoms with Gasteiger partial charge in [-0.3, -0.25) is 0 Å². The van der Waals surface area contributed by atoms with Gasteiger partial charge in [0.05, 0.1) is 13.0 Å². The maximum Gasteiger partial charge on any atom is 0.466 e.